The molecule has 0 radical (unpaired) electrons. The first-order chi connectivity index (χ1) is 12.8. The molecule has 0 bridgehead atoms. The molecule has 0 aliphatic carbocycles. The highest BCUT2D eigenvalue weighted by Gasteiger charge is 2.34. The predicted octanol–water partition coefficient (Wildman–Crippen LogP) is 4.95. The van der Waals surface area contributed by atoms with Crippen LogP contribution in [0.3, 0.4) is 0 Å². The molecule has 3 rings (SSSR count). The van der Waals surface area contributed by atoms with Crippen molar-refractivity contribution in [1.29, 1.82) is 0 Å². The molecule has 2 aromatic rings. The molecule has 0 atom stereocenters. The SMILES string of the molecule is Cc1cccc(N2C(=O)C(=Cc3ccc(N(C)C)cc3)SC2=NC(C)C)c1. The molecule has 27 heavy (non-hydrogen) atoms. The first kappa shape index (κ1) is 19.2. The van der Waals surface area contributed by atoms with Gasteiger partial charge in [0, 0.05) is 25.8 Å². The molecule has 0 N–H and O–H groups in total. The number of amidine groups is 1. The van der Waals surface area contributed by atoms with E-state index in [0.29, 0.717) is 4.91 Å². The second-order valence-electron chi connectivity index (χ2n) is 7.08. The zero-order valence-corrected chi connectivity index (χ0v) is 17.2. The molecule has 1 saturated heterocycles. The van der Waals surface area contributed by atoms with Crippen molar-refractivity contribution >= 4 is 40.3 Å². The van der Waals surface area contributed by atoms with E-state index in [4.69, 9.17) is 0 Å². The van der Waals surface area contributed by atoms with Crippen molar-refractivity contribution in [3.63, 3.8) is 0 Å². The summed E-state index contributed by atoms with van der Waals surface area (Å²) in [4.78, 5) is 22.3. The Hall–Kier alpha value is -2.53. The lowest BCUT2D eigenvalue weighted by atomic mass is 10.1. The summed E-state index contributed by atoms with van der Waals surface area (Å²) in [5.41, 5.74) is 4.11. The third-order valence-corrected chi connectivity index (χ3v) is 5.13. The molecule has 0 saturated carbocycles. The standard InChI is InChI=1S/C22H25N3OS/c1-15(2)23-22-25(19-8-6-7-16(3)13-19)21(26)20(27-22)14-17-9-11-18(12-10-17)24(4)5/h6-15H,1-5H3. The van der Waals surface area contributed by atoms with Gasteiger partial charge in [-0.3, -0.25) is 14.7 Å². The maximum absolute atomic E-state index is 13.1. The fourth-order valence-electron chi connectivity index (χ4n) is 2.80. The van der Waals surface area contributed by atoms with E-state index in [0.717, 1.165) is 27.7 Å². The van der Waals surface area contributed by atoms with Gasteiger partial charge >= 0.3 is 0 Å². The van der Waals surface area contributed by atoms with Gasteiger partial charge in [0.1, 0.15) is 0 Å². The number of rotatable bonds is 4. The molecule has 1 aliphatic rings. The Kier molecular flexibility index (Phi) is 5.71. The molecular weight excluding hydrogens is 354 g/mol. The average molecular weight is 380 g/mol. The summed E-state index contributed by atoms with van der Waals surface area (Å²) in [7, 11) is 4.02. The van der Waals surface area contributed by atoms with Gasteiger partial charge in [0.25, 0.3) is 5.91 Å². The number of thioether (sulfide) groups is 1. The Bertz CT molecular complexity index is 898. The number of carbonyl (C=O) groups excluding carboxylic acids is 1. The molecule has 0 unspecified atom stereocenters. The van der Waals surface area contributed by atoms with Crippen molar-refractivity contribution in [2.45, 2.75) is 26.8 Å². The van der Waals surface area contributed by atoms with Gasteiger partial charge in [0.15, 0.2) is 5.17 Å². The summed E-state index contributed by atoms with van der Waals surface area (Å²) < 4.78 is 0. The first-order valence-corrected chi connectivity index (χ1v) is 9.82. The minimum absolute atomic E-state index is 0.0262. The molecule has 1 fully saturated rings. The summed E-state index contributed by atoms with van der Waals surface area (Å²) in [5, 5.41) is 0.733. The lowest BCUT2D eigenvalue weighted by Crippen LogP contribution is -2.29. The van der Waals surface area contributed by atoms with E-state index >= 15 is 0 Å². The van der Waals surface area contributed by atoms with Gasteiger partial charge in [0.05, 0.1) is 10.6 Å². The molecular formula is C22H25N3OS. The van der Waals surface area contributed by atoms with Crippen molar-refractivity contribution in [3.05, 3.63) is 64.6 Å². The minimum Gasteiger partial charge on any atom is -0.378 e. The van der Waals surface area contributed by atoms with Gasteiger partial charge in [-0.25, -0.2) is 0 Å². The summed E-state index contributed by atoms with van der Waals surface area (Å²) in [6.07, 6.45) is 1.94. The van der Waals surface area contributed by atoms with Crippen molar-refractivity contribution < 1.29 is 4.79 Å². The minimum atomic E-state index is -0.0262. The number of aryl methyl sites for hydroxylation is 1. The summed E-state index contributed by atoms with van der Waals surface area (Å²) in [5.74, 6) is -0.0262. The van der Waals surface area contributed by atoms with Crippen LogP contribution in [0.1, 0.15) is 25.0 Å². The predicted molar refractivity (Wildman–Crippen MR) is 118 cm³/mol. The molecule has 1 amide bonds. The Labute approximate surface area is 165 Å². The Morgan fingerprint density at radius 1 is 1.11 bits per heavy atom. The normalized spacial score (nSPS) is 17.4. The maximum atomic E-state index is 13.1. The lowest BCUT2D eigenvalue weighted by Gasteiger charge is -2.16. The van der Waals surface area contributed by atoms with E-state index in [1.807, 2.05) is 77.3 Å². The Morgan fingerprint density at radius 2 is 1.81 bits per heavy atom. The molecule has 2 aromatic carbocycles. The van der Waals surface area contributed by atoms with Crippen LogP contribution < -0.4 is 9.80 Å². The smallest absolute Gasteiger partial charge is 0.271 e. The first-order valence-electron chi connectivity index (χ1n) is 9.01. The van der Waals surface area contributed by atoms with Crippen LogP contribution in [0.2, 0.25) is 0 Å². The molecule has 0 spiro atoms. The highest BCUT2D eigenvalue weighted by atomic mass is 32.2. The van der Waals surface area contributed by atoms with Crippen molar-refractivity contribution in [2.75, 3.05) is 23.9 Å². The number of hydrogen-bond donors (Lipinski definition) is 0. The van der Waals surface area contributed by atoms with Crippen molar-refractivity contribution in [3.8, 4) is 0 Å². The van der Waals surface area contributed by atoms with Gasteiger partial charge in [-0.15, -0.1) is 0 Å². The number of benzene rings is 2. The Morgan fingerprint density at radius 3 is 2.41 bits per heavy atom. The van der Waals surface area contributed by atoms with Crippen LogP contribution in [0, 0.1) is 6.92 Å². The second kappa shape index (κ2) is 8.01. The fraction of sp³-hybridized carbons (Fsp3) is 0.273. The number of amides is 1. The molecule has 1 heterocycles. The van der Waals surface area contributed by atoms with E-state index in [1.54, 1.807) is 4.90 Å². The summed E-state index contributed by atoms with van der Waals surface area (Å²) in [6.45, 7) is 6.07. The van der Waals surface area contributed by atoms with E-state index in [1.165, 1.54) is 11.8 Å². The number of carbonyl (C=O) groups is 1. The van der Waals surface area contributed by atoms with E-state index in [9.17, 15) is 4.79 Å². The van der Waals surface area contributed by atoms with Crippen LogP contribution in [-0.2, 0) is 4.79 Å². The third-order valence-electron chi connectivity index (χ3n) is 4.14. The molecule has 1 aliphatic heterocycles. The monoisotopic (exact) mass is 379 g/mol. The summed E-state index contributed by atoms with van der Waals surface area (Å²) >= 11 is 1.44. The topological polar surface area (TPSA) is 35.9 Å². The van der Waals surface area contributed by atoms with Gasteiger partial charge in [-0.05, 0) is 74.0 Å². The van der Waals surface area contributed by atoms with Gasteiger partial charge < -0.3 is 4.90 Å². The number of anilines is 2. The summed E-state index contributed by atoms with van der Waals surface area (Å²) in [6, 6.07) is 16.3. The number of nitrogens with zero attached hydrogens (tertiary/aromatic N) is 3. The molecule has 140 valence electrons. The Balaban J connectivity index is 1.97. The van der Waals surface area contributed by atoms with Crippen LogP contribution in [0.4, 0.5) is 11.4 Å². The van der Waals surface area contributed by atoms with Crippen LogP contribution in [0.15, 0.2) is 58.4 Å². The zero-order valence-electron chi connectivity index (χ0n) is 16.4. The van der Waals surface area contributed by atoms with Crippen molar-refractivity contribution in [2.24, 2.45) is 4.99 Å². The average Bonchev–Trinajstić information content (AvgIpc) is 2.90. The van der Waals surface area contributed by atoms with Crippen LogP contribution in [0.25, 0.3) is 6.08 Å². The van der Waals surface area contributed by atoms with Gasteiger partial charge in [-0.1, -0.05) is 24.3 Å². The third kappa shape index (κ3) is 4.42. The molecule has 0 aromatic heterocycles. The van der Waals surface area contributed by atoms with E-state index in [-0.39, 0.29) is 11.9 Å². The largest absolute Gasteiger partial charge is 0.378 e. The van der Waals surface area contributed by atoms with Gasteiger partial charge in [-0.2, -0.15) is 0 Å². The zero-order chi connectivity index (χ0) is 19.6. The van der Waals surface area contributed by atoms with Gasteiger partial charge in [0.2, 0.25) is 0 Å². The van der Waals surface area contributed by atoms with Crippen molar-refractivity contribution in [1.82, 2.24) is 0 Å². The quantitative estimate of drug-likeness (QED) is 0.706. The number of hydrogen-bond acceptors (Lipinski definition) is 4. The van der Waals surface area contributed by atoms with Crippen LogP contribution in [0.5, 0.6) is 0 Å². The maximum Gasteiger partial charge on any atom is 0.271 e. The van der Waals surface area contributed by atoms with Crippen LogP contribution in [-0.4, -0.2) is 31.2 Å². The van der Waals surface area contributed by atoms with E-state index in [2.05, 4.69) is 22.0 Å². The number of aliphatic imine (C=N–C) groups is 1. The highest BCUT2D eigenvalue weighted by Crippen LogP contribution is 2.36. The highest BCUT2D eigenvalue weighted by molar-refractivity contribution is 8.19. The molecule has 5 heteroatoms. The van der Waals surface area contributed by atoms with E-state index < -0.39 is 0 Å². The second-order valence-corrected chi connectivity index (χ2v) is 8.09. The lowest BCUT2D eigenvalue weighted by molar-refractivity contribution is -0.113. The van der Waals surface area contributed by atoms with Crippen LogP contribution >= 0.6 is 11.8 Å². The fourth-order valence-corrected chi connectivity index (χ4v) is 3.91. The molecule has 4 nitrogen and oxygen atoms in total.